The Kier molecular flexibility index (Phi) is 3.83. The Balaban J connectivity index is 2.65. The molecule has 0 radical (unpaired) electrons. The van der Waals surface area contributed by atoms with Gasteiger partial charge in [-0.3, -0.25) is 4.98 Å². The molecule has 2 nitrogen and oxygen atoms in total. The molecular formula is C10H15FN2. The van der Waals surface area contributed by atoms with E-state index in [1.54, 1.807) is 12.3 Å². The van der Waals surface area contributed by atoms with Gasteiger partial charge in [-0.1, -0.05) is 19.8 Å². The second kappa shape index (κ2) is 4.92. The number of pyridine rings is 1. The second-order valence-corrected chi connectivity index (χ2v) is 3.12. The van der Waals surface area contributed by atoms with Gasteiger partial charge in [0, 0.05) is 12.2 Å². The number of nitrogens with two attached hydrogens (primary N) is 1. The summed E-state index contributed by atoms with van der Waals surface area (Å²) in [5, 5.41) is 0. The number of aromatic nitrogens is 1. The third kappa shape index (κ3) is 2.77. The summed E-state index contributed by atoms with van der Waals surface area (Å²) in [6.45, 7) is 2.08. The zero-order chi connectivity index (χ0) is 9.68. The Morgan fingerprint density at radius 2 is 2.38 bits per heavy atom. The van der Waals surface area contributed by atoms with Gasteiger partial charge in [0.25, 0.3) is 0 Å². The van der Waals surface area contributed by atoms with E-state index >= 15 is 0 Å². The van der Waals surface area contributed by atoms with Gasteiger partial charge >= 0.3 is 0 Å². The van der Waals surface area contributed by atoms with Gasteiger partial charge in [0.1, 0.15) is 5.82 Å². The van der Waals surface area contributed by atoms with E-state index < -0.39 is 0 Å². The highest BCUT2D eigenvalue weighted by Gasteiger charge is 2.10. The molecule has 0 aliphatic carbocycles. The predicted molar refractivity (Wildman–Crippen MR) is 50.6 cm³/mol. The van der Waals surface area contributed by atoms with E-state index in [2.05, 4.69) is 11.9 Å². The fourth-order valence-electron chi connectivity index (χ4n) is 1.23. The van der Waals surface area contributed by atoms with Crippen LogP contribution in [0.25, 0.3) is 0 Å². The van der Waals surface area contributed by atoms with Crippen LogP contribution in [-0.2, 0) is 0 Å². The van der Waals surface area contributed by atoms with Crippen molar-refractivity contribution in [1.82, 2.24) is 4.98 Å². The summed E-state index contributed by atoms with van der Waals surface area (Å²) in [6, 6.07) is 2.71. The van der Waals surface area contributed by atoms with Crippen molar-refractivity contribution in [3.05, 3.63) is 29.8 Å². The lowest BCUT2D eigenvalue weighted by atomic mass is 10.1. The monoisotopic (exact) mass is 182 g/mol. The SMILES string of the molecule is CCCC[C@@H](N)c1ncccc1F. The van der Waals surface area contributed by atoms with E-state index in [4.69, 9.17) is 5.73 Å². The molecule has 0 saturated carbocycles. The minimum atomic E-state index is -0.300. The van der Waals surface area contributed by atoms with Gasteiger partial charge < -0.3 is 5.73 Å². The molecule has 1 aromatic heterocycles. The van der Waals surface area contributed by atoms with E-state index in [1.807, 2.05) is 0 Å². The highest BCUT2D eigenvalue weighted by atomic mass is 19.1. The van der Waals surface area contributed by atoms with Gasteiger partial charge in [-0.05, 0) is 18.6 Å². The first kappa shape index (κ1) is 10.1. The molecule has 1 rings (SSSR count). The van der Waals surface area contributed by atoms with Crippen molar-refractivity contribution < 1.29 is 4.39 Å². The predicted octanol–water partition coefficient (Wildman–Crippen LogP) is 2.41. The van der Waals surface area contributed by atoms with Gasteiger partial charge in [0.05, 0.1) is 5.69 Å². The van der Waals surface area contributed by atoms with Gasteiger partial charge in [-0.25, -0.2) is 4.39 Å². The number of halogens is 1. The summed E-state index contributed by atoms with van der Waals surface area (Å²) in [5.41, 5.74) is 6.16. The average molecular weight is 182 g/mol. The van der Waals surface area contributed by atoms with Gasteiger partial charge in [0.15, 0.2) is 0 Å². The third-order valence-corrected chi connectivity index (χ3v) is 2.01. The van der Waals surface area contributed by atoms with Crippen LogP contribution >= 0.6 is 0 Å². The summed E-state index contributed by atoms with van der Waals surface area (Å²) in [7, 11) is 0. The standard InChI is InChI=1S/C10H15FN2/c1-2-3-6-9(12)10-8(11)5-4-7-13-10/h4-5,7,9H,2-3,6,12H2,1H3/t9-/m1/s1. The minimum absolute atomic E-state index is 0.263. The first-order valence-electron chi connectivity index (χ1n) is 4.61. The van der Waals surface area contributed by atoms with Crippen LogP contribution in [0.15, 0.2) is 18.3 Å². The number of hydrogen-bond donors (Lipinski definition) is 1. The fraction of sp³-hybridized carbons (Fsp3) is 0.500. The van der Waals surface area contributed by atoms with E-state index in [0.29, 0.717) is 5.69 Å². The van der Waals surface area contributed by atoms with Crippen LogP contribution < -0.4 is 5.73 Å². The summed E-state index contributed by atoms with van der Waals surface area (Å²) in [6.07, 6.45) is 4.45. The molecule has 0 unspecified atom stereocenters. The molecule has 0 fully saturated rings. The van der Waals surface area contributed by atoms with E-state index in [-0.39, 0.29) is 11.9 Å². The zero-order valence-corrected chi connectivity index (χ0v) is 7.83. The van der Waals surface area contributed by atoms with E-state index in [0.717, 1.165) is 19.3 Å². The zero-order valence-electron chi connectivity index (χ0n) is 7.83. The van der Waals surface area contributed by atoms with Crippen LogP contribution in [0.3, 0.4) is 0 Å². The lowest BCUT2D eigenvalue weighted by Crippen LogP contribution is -2.13. The van der Waals surface area contributed by atoms with Crippen molar-refractivity contribution >= 4 is 0 Å². The van der Waals surface area contributed by atoms with E-state index in [1.165, 1.54) is 6.07 Å². The van der Waals surface area contributed by atoms with Crippen LogP contribution in [0, 0.1) is 5.82 Å². The topological polar surface area (TPSA) is 38.9 Å². The van der Waals surface area contributed by atoms with Gasteiger partial charge in [-0.15, -0.1) is 0 Å². The molecule has 1 heterocycles. The number of hydrogen-bond acceptors (Lipinski definition) is 2. The fourth-order valence-corrected chi connectivity index (χ4v) is 1.23. The molecule has 0 spiro atoms. The molecule has 1 aromatic rings. The molecule has 2 N–H and O–H groups in total. The summed E-state index contributed by atoms with van der Waals surface area (Å²) >= 11 is 0. The first-order chi connectivity index (χ1) is 6.25. The largest absolute Gasteiger partial charge is 0.323 e. The summed E-state index contributed by atoms with van der Waals surface area (Å²) < 4.78 is 13.1. The second-order valence-electron chi connectivity index (χ2n) is 3.12. The van der Waals surface area contributed by atoms with Crippen LogP contribution in [0.2, 0.25) is 0 Å². The molecule has 0 aliphatic rings. The Morgan fingerprint density at radius 3 is 3.00 bits per heavy atom. The van der Waals surface area contributed by atoms with Crippen molar-refractivity contribution in [3.63, 3.8) is 0 Å². The highest BCUT2D eigenvalue weighted by Crippen LogP contribution is 2.16. The molecule has 0 saturated heterocycles. The van der Waals surface area contributed by atoms with Crippen LogP contribution in [0.4, 0.5) is 4.39 Å². The van der Waals surface area contributed by atoms with Gasteiger partial charge in [0.2, 0.25) is 0 Å². The first-order valence-corrected chi connectivity index (χ1v) is 4.61. The minimum Gasteiger partial charge on any atom is -0.323 e. The number of rotatable bonds is 4. The molecule has 0 amide bonds. The van der Waals surface area contributed by atoms with Crippen LogP contribution in [0.5, 0.6) is 0 Å². The molecular weight excluding hydrogens is 167 g/mol. The Hall–Kier alpha value is -0.960. The van der Waals surface area contributed by atoms with E-state index in [9.17, 15) is 4.39 Å². The molecule has 0 bridgehead atoms. The maximum absolute atomic E-state index is 13.1. The van der Waals surface area contributed by atoms with Crippen molar-refractivity contribution in [2.75, 3.05) is 0 Å². The van der Waals surface area contributed by atoms with Crippen molar-refractivity contribution in [1.29, 1.82) is 0 Å². The third-order valence-electron chi connectivity index (χ3n) is 2.01. The number of nitrogens with zero attached hydrogens (tertiary/aromatic N) is 1. The van der Waals surface area contributed by atoms with Crippen molar-refractivity contribution in [2.24, 2.45) is 5.73 Å². The Labute approximate surface area is 78.0 Å². The average Bonchev–Trinajstić information content (AvgIpc) is 2.15. The molecule has 72 valence electrons. The smallest absolute Gasteiger partial charge is 0.146 e. The molecule has 1 atom stereocenters. The highest BCUT2D eigenvalue weighted by molar-refractivity contribution is 5.10. The normalized spacial score (nSPS) is 12.8. The Bertz CT molecular complexity index is 263. The maximum atomic E-state index is 13.1. The number of unbranched alkanes of at least 4 members (excludes halogenated alkanes) is 1. The molecule has 0 aromatic carbocycles. The van der Waals surface area contributed by atoms with Gasteiger partial charge in [-0.2, -0.15) is 0 Å². The van der Waals surface area contributed by atoms with Crippen LogP contribution in [0.1, 0.15) is 37.9 Å². The summed E-state index contributed by atoms with van der Waals surface area (Å²) in [5.74, 6) is -0.300. The molecule has 13 heavy (non-hydrogen) atoms. The van der Waals surface area contributed by atoms with Crippen molar-refractivity contribution in [3.8, 4) is 0 Å². The quantitative estimate of drug-likeness (QED) is 0.776. The molecule has 0 aliphatic heterocycles. The van der Waals surface area contributed by atoms with Crippen molar-refractivity contribution in [2.45, 2.75) is 32.2 Å². The summed E-state index contributed by atoms with van der Waals surface area (Å²) in [4.78, 5) is 3.93. The van der Waals surface area contributed by atoms with Crippen LogP contribution in [-0.4, -0.2) is 4.98 Å². The lowest BCUT2D eigenvalue weighted by Gasteiger charge is -2.10. The molecule has 3 heteroatoms. The Morgan fingerprint density at radius 1 is 1.62 bits per heavy atom. The maximum Gasteiger partial charge on any atom is 0.146 e. The lowest BCUT2D eigenvalue weighted by molar-refractivity contribution is 0.532.